The Bertz CT molecular complexity index is 810. The standard InChI is InChI=1S/C18H19N3O/c1-18(2,3)14-6-4-13(5-7-14)17(22)20-15-9-11-21-16(12-15)8-10-19-21/h4-12H,1-3H3,(H,20,22). The fourth-order valence-electron chi connectivity index (χ4n) is 2.32. The molecule has 2 aromatic heterocycles. The molecule has 0 saturated heterocycles. The number of rotatable bonds is 2. The molecule has 1 aromatic carbocycles. The van der Waals surface area contributed by atoms with Gasteiger partial charge in [-0.3, -0.25) is 4.79 Å². The Morgan fingerprint density at radius 1 is 1.09 bits per heavy atom. The number of fused-ring (bicyclic) bond motifs is 1. The molecule has 0 spiro atoms. The maximum atomic E-state index is 12.3. The van der Waals surface area contributed by atoms with Crippen molar-refractivity contribution in [3.63, 3.8) is 0 Å². The fraction of sp³-hybridized carbons (Fsp3) is 0.222. The zero-order valence-electron chi connectivity index (χ0n) is 13.0. The number of anilines is 1. The molecule has 112 valence electrons. The molecule has 1 amide bonds. The number of benzene rings is 1. The number of carbonyl (C=O) groups is 1. The molecule has 0 aliphatic heterocycles. The topological polar surface area (TPSA) is 46.4 Å². The molecule has 2 heterocycles. The molecule has 0 unspecified atom stereocenters. The largest absolute Gasteiger partial charge is 0.322 e. The third kappa shape index (κ3) is 2.86. The van der Waals surface area contributed by atoms with Crippen LogP contribution in [-0.4, -0.2) is 15.5 Å². The molecule has 0 bridgehead atoms. The number of hydrogen-bond acceptors (Lipinski definition) is 2. The van der Waals surface area contributed by atoms with Crippen molar-refractivity contribution < 1.29 is 4.79 Å². The molecule has 4 nitrogen and oxygen atoms in total. The van der Waals surface area contributed by atoms with Gasteiger partial charge in [-0.15, -0.1) is 0 Å². The molecule has 22 heavy (non-hydrogen) atoms. The molecular weight excluding hydrogens is 274 g/mol. The quantitative estimate of drug-likeness (QED) is 0.779. The van der Waals surface area contributed by atoms with Crippen molar-refractivity contribution in [2.75, 3.05) is 5.32 Å². The van der Waals surface area contributed by atoms with Gasteiger partial charge in [0.25, 0.3) is 5.91 Å². The van der Waals surface area contributed by atoms with Crippen LogP contribution in [0.3, 0.4) is 0 Å². The second kappa shape index (κ2) is 5.30. The Kier molecular flexibility index (Phi) is 3.45. The van der Waals surface area contributed by atoms with Crippen LogP contribution >= 0.6 is 0 Å². The lowest BCUT2D eigenvalue weighted by molar-refractivity contribution is 0.102. The van der Waals surface area contributed by atoms with Crippen LogP contribution in [0.25, 0.3) is 5.52 Å². The first-order valence-electron chi connectivity index (χ1n) is 7.29. The molecule has 3 rings (SSSR count). The third-order valence-corrected chi connectivity index (χ3v) is 3.67. The monoisotopic (exact) mass is 293 g/mol. The van der Waals surface area contributed by atoms with E-state index in [1.165, 1.54) is 5.56 Å². The average Bonchev–Trinajstić information content (AvgIpc) is 2.94. The molecule has 0 atom stereocenters. The van der Waals surface area contributed by atoms with Crippen molar-refractivity contribution in [2.24, 2.45) is 0 Å². The van der Waals surface area contributed by atoms with Crippen molar-refractivity contribution in [1.82, 2.24) is 9.61 Å². The first kappa shape index (κ1) is 14.3. The molecule has 0 saturated carbocycles. The van der Waals surface area contributed by atoms with Gasteiger partial charge in [0.05, 0.1) is 5.52 Å². The van der Waals surface area contributed by atoms with E-state index in [0.29, 0.717) is 5.56 Å². The maximum absolute atomic E-state index is 12.3. The van der Waals surface area contributed by atoms with Crippen molar-refractivity contribution >= 4 is 17.1 Å². The summed E-state index contributed by atoms with van der Waals surface area (Å²) in [6.45, 7) is 6.47. The number of carbonyl (C=O) groups excluding carboxylic acids is 1. The lowest BCUT2D eigenvalue weighted by Gasteiger charge is -2.19. The second-order valence-corrected chi connectivity index (χ2v) is 6.40. The maximum Gasteiger partial charge on any atom is 0.255 e. The highest BCUT2D eigenvalue weighted by molar-refractivity contribution is 6.04. The predicted octanol–water partition coefficient (Wildman–Crippen LogP) is 3.88. The van der Waals surface area contributed by atoms with Gasteiger partial charge < -0.3 is 5.32 Å². The van der Waals surface area contributed by atoms with Crippen LogP contribution < -0.4 is 5.32 Å². The van der Waals surface area contributed by atoms with Gasteiger partial charge in [-0.25, -0.2) is 4.52 Å². The van der Waals surface area contributed by atoms with Crippen LogP contribution in [0, 0.1) is 0 Å². The minimum absolute atomic E-state index is 0.0854. The average molecular weight is 293 g/mol. The lowest BCUT2D eigenvalue weighted by Crippen LogP contribution is -2.14. The fourth-order valence-corrected chi connectivity index (χ4v) is 2.32. The van der Waals surface area contributed by atoms with Gasteiger partial charge in [0.15, 0.2) is 0 Å². The summed E-state index contributed by atoms with van der Waals surface area (Å²) in [6.07, 6.45) is 3.56. The second-order valence-electron chi connectivity index (χ2n) is 6.40. The number of aromatic nitrogens is 2. The Labute approximate surface area is 129 Å². The van der Waals surface area contributed by atoms with E-state index in [0.717, 1.165) is 11.2 Å². The van der Waals surface area contributed by atoms with Gasteiger partial charge >= 0.3 is 0 Å². The van der Waals surface area contributed by atoms with Crippen LogP contribution in [0.15, 0.2) is 54.9 Å². The van der Waals surface area contributed by atoms with Crippen molar-refractivity contribution in [3.8, 4) is 0 Å². The van der Waals surface area contributed by atoms with Gasteiger partial charge in [-0.05, 0) is 41.3 Å². The highest BCUT2D eigenvalue weighted by atomic mass is 16.1. The molecule has 0 fully saturated rings. The van der Waals surface area contributed by atoms with Crippen molar-refractivity contribution in [3.05, 3.63) is 66.0 Å². The predicted molar refractivity (Wildman–Crippen MR) is 88.3 cm³/mol. The highest BCUT2D eigenvalue weighted by Gasteiger charge is 2.14. The molecule has 1 N–H and O–H groups in total. The van der Waals surface area contributed by atoms with E-state index in [-0.39, 0.29) is 11.3 Å². The number of nitrogens with zero attached hydrogens (tertiary/aromatic N) is 2. The van der Waals surface area contributed by atoms with E-state index in [2.05, 4.69) is 31.2 Å². The minimum Gasteiger partial charge on any atom is -0.322 e. The first-order valence-corrected chi connectivity index (χ1v) is 7.29. The van der Waals surface area contributed by atoms with E-state index in [1.807, 2.05) is 48.7 Å². The summed E-state index contributed by atoms with van der Waals surface area (Å²) < 4.78 is 1.76. The van der Waals surface area contributed by atoms with E-state index in [4.69, 9.17) is 0 Å². The number of pyridine rings is 1. The van der Waals surface area contributed by atoms with Gasteiger partial charge in [0.2, 0.25) is 0 Å². The van der Waals surface area contributed by atoms with Crippen LogP contribution in [0.5, 0.6) is 0 Å². The Balaban J connectivity index is 1.78. The van der Waals surface area contributed by atoms with E-state index >= 15 is 0 Å². The van der Waals surface area contributed by atoms with Gasteiger partial charge in [0.1, 0.15) is 0 Å². The van der Waals surface area contributed by atoms with Gasteiger partial charge in [-0.1, -0.05) is 32.9 Å². The normalized spacial score (nSPS) is 11.6. The summed E-state index contributed by atoms with van der Waals surface area (Å²) in [7, 11) is 0. The first-order chi connectivity index (χ1) is 10.4. The summed E-state index contributed by atoms with van der Waals surface area (Å²) in [5.74, 6) is -0.107. The van der Waals surface area contributed by atoms with Gasteiger partial charge in [0, 0.05) is 23.6 Å². The number of amides is 1. The Morgan fingerprint density at radius 3 is 2.50 bits per heavy atom. The molecule has 3 aromatic rings. The van der Waals surface area contributed by atoms with Gasteiger partial charge in [-0.2, -0.15) is 5.10 Å². The molecule has 0 radical (unpaired) electrons. The number of hydrogen-bond donors (Lipinski definition) is 1. The van der Waals surface area contributed by atoms with Crippen LogP contribution in [0.1, 0.15) is 36.7 Å². The number of nitrogens with one attached hydrogen (secondary N) is 1. The molecule has 0 aliphatic carbocycles. The van der Waals surface area contributed by atoms with Crippen LogP contribution in [-0.2, 0) is 5.41 Å². The van der Waals surface area contributed by atoms with Crippen LogP contribution in [0.4, 0.5) is 5.69 Å². The zero-order valence-corrected chi connectivity index (χ0v) is 13.0. The van der Waals surface area contributed by atoms with E-state index in [9.17, 15) is 4.79 Å². The smallest absolute Gasteiger partial charge is 0.255 e. The van der Waals surface area contributed by atoms with E-state index in [1.54, 1.807) is 10.7 Å². The summed E-state index contributed by atoms with van der Waals surface area (Å²) in [4.78, 5) is 12.3. The van der Waals surface area contributed by atoms with E-state index < -0.39 is 0 Å². The molecule has 0 aliphatic rings. The van der Waals surface area contributed by atoms with Crippen LogP contribution in [0.2, 0.25) is 0 Å². The minimum atomic E-state index is -0.107. The summed E-state index contributed by atoms with van der Waals surface area (Å²) in [5.41, 5.74) is 3.66. The zero-order chi connectivity index (χ0) is 15.7. The SMILES string of the molecule is CC(C)(C)c1ccc(C(=O)Nc2ccn3nccc3c2)cc1. The summed E-state index contributed by atoms with van der Waals surface area (Å²) in [6, 6.07) is 13.4. The highest BCUT2D eigenvalue weighted by Crippen LogP contribution is 2.22. The van der Waals surface area contributed by atoms with Crippen molar-refractivity contribution in [2.45, 2.75) is 26.2 Å². The summed E-state index contributed by atoms with van der Waals surface area (Å²) in [5, 5.41) is 7.05. The molecular formula is C18H19N3O. The molecule has 4 heteroatoms. The third-order valence-electron chi connectivity index (χ3n) is 3.67. The summed E-state index contributed by atoms with van der Waals surface area (Å²) >= 11 is 0. The lowest BCUT2D eigenvalue weighted by atomic mass is 9.87. The van der Waals surface area contributed by atoms with Crippen molar-refractivity contribution in [1.29, 1.82) is 0 Å². The Morgan fingerprint density at radius 2 is 1.82 bits per heavy atom. The Hall–Kier alpha value is -2.62.